The Labute approximate surface area is 138 Å². The van der Waals surface area contributed by atoms with Crippen molar-refractivity contribution in [3.63, 3.8) is 0 Å². The number of benzene rings is 2. The molecular formula is C19H16O5. The van der Waals surface area contributed by atoms with Gasteiger partial charge in [0.05, 0.1) is 12.7 Å². The van der Waals surface area contributed by atoms with Gasteiger partial charge in [-0.25, -0.2) is 9.59 Å². The topological polar surface area (TPSA) is 65.7 Å². The van der Waals surface area contributed by atoms with Crippen LogP contribution in [0.1, 0.15) is 6.92 Å². The molecule has 1 aromatic heterocycles. The Kier molecular flexibility index (Phi) is 4.33. The van der Waals surface area contributed by atoms with Crippen LogP contribution in [0, 0.1) is 0 Å². The quantitative estimate of drug-likeness (QED) is 0.543. The van der Waals surface area contributed by atoms with E-state index in [-0.39, 0.29) is 0 Å². The van der Waals surface area contributed by atoms with Gasteiger partial charge < -0.3 is 13.9 Å². The third-order valence-corrected chi connectivity index (χ3v) is 3.65. The highest BCUT2D eigenvalue weighted by atomic mass is 16.6. The third kappa shape index (κ3) is 3.15. The number of esters is 1. The molecule has 5 nitrogen and oxygen atoms in total. The Hall–Kier alpha value is -3.08. The van der Waals surface area contributed by atoms with E-state index in [1.54, 1.807) is 43.3 Å². The van der Waals surface area contributed by atoms with Crippen LogP contribution in [0.3, 0.4) is 0 Å². The molecule has 0 fully saturated rings. The van der Waals surface area contributed by atoms with Crippen LogP contribution < -0.4 is 10.4 Å². The maximum atomic E-state index is 12.2. The van der Waals surface area contributed by atoms with E-state index in [1.165, 1.54) is 7.11 Å². The van der Waals surface area contributed by atoms with Crippen molar-refractivity contribution in [1.82, 2.24) is 0 Å². The molecule has 5 heteroatoms. The van der Waals surface area contributed by atoms with E-state index in [1.807, 2.05) is 18.2 Å². The molecule has 2 aromatic carbocycles. The van der Waals surface area contributed by atoms with E-state index in [0.717, 1.165) is 5.39 Å². The summed E-state index contributed by atoms with van der Waals surface area (Å²) in [5, 5.41) is 0.853. The van der Waals surface area contributed by atoms with Gasteiger partial charge in [0, 0.05) is 5.39 Å². The lowest BCUT2D eigenvalue weighted by Gasteiger charge is -2.12. The maximum Gasteiger partial charge on any atom is 0.346 e. The predicted octanol–water partition coefficient (Wildman–Crippen LogP) is 3.40. The molecule has 0 aliphatic heterocycles. The third-order valence-electron chi connectivity index (χ3n) is 3.65. The van der Waals surface area contributed by atoms with E-state index in [9.17, 15) is 9.59 Å². The van der Waals surface area contributed by atoms with E-state index in [0.29, 0.717) is 22.5 Å². The zero-order valence-electron chi connectivity index (χ0n) is 13.3. The van der Waals surface area contributed by atoms with Crippen LogP contribution in [0.4, 0.5) is 0 Å². The molecule has 0 saturated heterocycles. The first-order valence-electron chi connectivity index (χ1n) is 7.46. The fraction of sp³-hybridized carbons (Fsp3) is 0.158. The summed E-state index contributed by atoms with van der Waals surface area (Å²) in [4.78, 5) is 23.5. The number of hydrogen-bond acceptors (Lipinski definition) is 5. The van der Waals surface area contributed by atoms with Crippen molar-refractivity contribution in [1.29, 1.82) is 0 Å². The van der Waals surface area contributed by atoms with Gasteiger partial charge in [-0.2, -0.15) is 0 Å². The molecule has 122 valence electrons. The zero-order valence-corrected chi connectivity index (χ0v) is 13.3. The van der Waals surface area contributed by atoms with Crippen molar-refractivity contribution in [2.45, 2.75) is 13.0 Å². The molecule has 0 N–H and O–H groups in total. The van der Waals surface area contributed by atoms with Crippen LogP contribution in [0.5, 0.6) is 5.75 Å². The number of carbonyl (C=O) groups excluding carboxylic acids is 1. The summed E-state index contributed by atoms with van der Waals surface area (Å²) in [5.41, 5.74) is 1.34. The van der Waals surface area contributed by atoms with Gasteiger partial charge in [0.15, 0.2) is 6.10 Å². The second-order valence-electron chi connectivity index (χ2n) is 5.29. The molecule has 1 atom stereocenters. The van der Waals surface area contributed by atoms with Crippen molar-refractivity contribution < 1.29 is 18.7 Å². The molecule has 3 rings (SSSR count). The van der Waals surface area contributed by atoms with Gasteiger partial charge >= 0.3 is 11.6 Å². The summed E-state index contributed by atoms with van der Waals surface area (Å²) in [6.45, 7) is 1.61. The lowest BCUT2D eigenvalue weighted by molar-refractivity contribution is -0.147. The Morgan fingerprint density at radius 2 is 1.79 bits per heavy atom. The number of hydrogen-bond donors (Lipinski definition) is 0. The summed E-state index contributed by atoms with van der Waals surface area (Å²) in [6.07, 6.45) is -0.702. The minimum Gasteiger partial charge on any atom is -0.479 e. The van der Waals surface area contributed by atoms with Crippen LogP contribution in [0.15, 0.2) is 63.8 Å². The molecule has 0 aliphatic rings. The molecule has 0 saturated carbocycles. The molecule has 3 aromatic rings. The van der Waals surface area contributed by atoms with E-state index in [4.69, 9.17) is 9.15 Å². The number of para-hydroxylation sites is 1. The summed E-state index contributed by atoms with van der Waals surface area (Å²) < 4.78 is 15.4. The monoisotopic (exact) mass is 324 g/mol. The summed E-state index contributed by atoms with van der Waals surface area (Å²) in [5.74, 6) is 0.0658. The normalized spacial score (nSPS) is 11.9. The van der Waals surface area contributed by atoms with E-state index < -0.39 is 17.7 Å². The Morgan fingerprint density at radius 1 is 1.08 bits per heavy atom. The average Bonchev–Trinajstić information content (AvgIpc) is 2.61. The molecule has 0 bridgehead atoms. The predicted molar refractivity (Wildman–Crippen MR) is 90.0 cm³/mol. The van der Waals surface area contributed by atoms with Gasteiger partial charge in [-0.05, 0) is 36.8 Å². The van der Waals surface area contributed by atoms with Crippen molar-refractivity contribution in [2.75, 3.05) is 7.11 Å². The Morgan fingerprint density at radius 3 is 2.50 bits per heavy atom. The zero-order chi connectivity index (χ0) is 17.1. The average molecular weight is 324 g/mol. The van der Waals surface area contributed by atoms with Crippen LogP contribution in [0.2, 0.25) is 0 Å². The highest BCUT2D eigenvalue weighted by Gasteiger charge is 2.15. The van der Waals surface area contributed by atoms with Gasteiger partial charge in [0.25, 0.3) is 0 Å². The lowest BCUT2D eigenvalue weighted by Crippen LogP contribution is -2.24. The second-order valence-corrected chi connectivity index (χ2v) is 5.29. The first-order valence-corrected chi connectivity index (χ1v) is 7.46. The summed E-state index contributed by atoms with van der Waals surface area (Å²) in [6, 6.07) is 16.0. The van der Waals surface area contributed by atoms with Gasteiger partial charge in [-0.1, -0.05) is 30.3 Å². The molecule has 0 spiro atoms. The Bertz CT molecular complexity index is 924. The standard InChI is InChI=1S/C19H16O5/c1-12(18(20)22-2)23-15-9-7-13(8-10-15)16-11-14-5-3-4-6-17(14)24-19(16)21/h3-12H,1-2H3. The van der Waals surface area contributed by atoms with Crippen molar-refractivity contribution >= 4 is 16.9 Å². The van der Waals surface area contributed by atoms with Gasteiger partial charge in [0.1, 0.15) is 11.3 Å². The van der Waals surface area contributed by atoms with Crippen molar-refractivity contribution in [3.05, 3.63) is 65.0 Å². The minimum absolute atomic E-state index is 0.398. The first kappa shape index (κ1) is 15.8. The van der Waals surface area contributed by atoms with Crippen LogP contribution in [-0.4, -0.2) is 19.2 Å². The fourth-order valence-corrected chi connectivity index (χ4v) is 2.39. The van der Waals surface area contributed by atoms with Crippen molar-refractivity contribution in [3.8, 4) is 16.9 Å². The number of carbonyl (C=O) groups is 1. The SMILES string of the molecule is COC(=O)C(C)Oc1ccc(-c2cc3ccccc3oc2=O)cc1. The Balaban J connectivity index is 1.89. The molecule has 0 amide bonds. The number of fused-ring (bicyclic) bond motifs is 1. The smallest absolute Gasteiger partial charge is 0.346 e. The number of methoxy groups -OCH3 is 1. The number of ether oxygens (including phenoxy) is 2. The summed E-state index contributed by atoms with van der Waals surface area (Å²) >= 11 is 0. The lowest BCUT2D eigenvalue weighted by atomic mass is 10.1. The van der Waals surface area contributed by atoms with E-state index >= 15 is 0 Å². The van der Waals surface area contributed by atoms with Gasteiger partial charge in [0.2, 0.25) is 0 Å². The molecular weight excluding hydrogens is 308 g/mol. The minimum atomic E-state index is -0.702. The fourth-order valence-electron chi connectivity index (χ4n) is 2.39. The second kappa shape index (κ2) is 6.58. The van der Waals surface area contributed by atoms with Crippen LogP contribution >= 0.6 is 0 Å². The maximum absolute atomic E-state index is 12.2. The largest absolute Gasteiger partial charge is 0.479 e. The van der Waals surface area contributed by atoms with Crippen molar-refractivity contribution in [2.24, 2.45) is 0 Å². The highest BCUT2D eigenvalue weighted by Crippen LogP contribution is 2.23. The van der Waals surface area contributed by atoms with Gasteiger partial charge in [-0.3, -0.25) is 0 Å². The van der Waals surface area contributed by atoms with E-state index in [2.05, 4.69) is 4.74 Å². The molecule has 1 heterocycles. The van der Waals surface area contributed by atoms with Crippen LogP contribution in [-0.2, 0) is 9.53 Å². The molecule has 24 heavy (non-hydrogen) atoms. The highest BCUT2D eigenvalue weighted by molar-refractivity contribution is 5.81. The molecule has 1 unspecified atom stereocenters. The molecule has 0 radical (unpaired) electrons. The van der Waals surface area contributed by atoms with Gasteiger partial charge in [-0.15, -0.1) is 0 Å². The van der Waals surface area contributed by atoms with Crippen LogP contribution in [0.25, 0.3) is 22.1 Å². The number of rotatable bonds is 4. The molecule has 0 aliphatic carbocycles. The first-order chi connectivity index (χ1) is 11.6. The summed E-state index contributed by atoms with van der Waals surface area (Å²) in [7, 11) is 1.31.